The molecule has 1 aliphatic heterocycles. The molecule has 0 saturated heterocycles. The van der Waals surface area contributed by atoms with Gasteiger partial charge in [0.2, 0.25) is 5.95 Å². The molecule has 13 heteroatoms. The van der Waals surface area contributed by atoms with E-state index in [-0.39, 0.29) is 17.8 Å². The Morgan fingerprint density at radius 3 is 2.64 bits per heavy atom. The second-order valence-corrected chi connectivity index (χ2v) is 11.0. The fourth-order valence-corrected chi connectivity index (χ4v) is 4.59. The van der Waals surface area contributed by atoms with Crippen LogP contribution in [-0.2, 0) is 0 Å². The number of aryl methyl sites for hydroxylation is 1. The molecule has 4 rings (SSSR count). The van der Waals surface area contributed by atoms with Gasteiger partial charge in [-0.25, -0.2) is 27.8 Å². The summed E-state index contributed by atoms with van der Waals surface area (Å²) >= 11 is 0. The first-order chi connectivity index (χ1) is 22.7. The molecule has 0 spiro atoms. The van der Waals surface area contributed by atoms with Crippen LogP contribution in [0.4, 0.5) is 24.9 Å². The minimum Gasteiger partial charge on any atom is -0.358 e. The number of hydrogen-bond donors (Lipinski definition) is 3. The lowest BCUT2D eigenvalue weighted by Gasteiger charge is -2.24. The number of nitrogens with zero attached hydrogens (tertiary/aromatic N) is 7. The molecular formula is C34H45F3N10. The summed E-state index contributed by atoms with van der Waals surface area (Å²) in [6, 6.07) is 3.56. The number of anilines is 2. The molecule has 3 N–H and O–H groups in total. The molecule has 2 aromatic rings. The summed E-state index contributed by atoms with van der Waals surface area (Å²) in [6.07, 6.45) is 14.8. The maximum absolute atomic E-state index is 15.1. The normalized spacial score (nSPS) is 19.1. The standard InChI is InChI=1S/C32H41F3N10.C2H4/c1-5-9-22(3)41-29-26(33)17-24(18-39-29)27-13-12-23(4)42-31(43-28(19-38-27)44-32(14-15-32)30(34)35)37-16-8-7-11-25(10-6-2)45-21-36-20-40-45;1-2/h6-8,10-13,17-22,26,29-30,41H,5,9,14-16H2,1-4H3,(H2,37,42,43,44);1-2H2/b8-7+,10-6-,25-11+;. The molecule has 2 aromatic heterocycles. The Morgan fingerprint density at radius 2 is 2.00 bits per heavy atom. The molecule has 0 bridgehead atoms. The van der Waals surface area contributed by atoms with E-state index in [0.717, 1.165) is 18.5 Å². The molecule has 252 valence electrons. The summed E-state index contributed by atoms with van der Waals surface area (Å²) in [7, 11) is 0. The number of aliphatic imine (C=N–C) groups is 1. The Kier molecular flexibility index (Phi) is 14.5. The molecule has 0 amide bonds. The third-order valence-electron chi connectivity index (χ3n) is 7.19. The van der Waals surface area contributed by atoms with Crippen LogP contribution in [0.1, 0.15) is 57.8 Å². The molecule has 0 radical (unpaired) electrons. The highest BCUT2D eigenvalue weighted by atomic mass is 19.3. The van der Waals surface area contributed by atoms with Gasteiger partial charge in [0.15, 0.2) is 6.17 Å². The lowest BCUT2D eigenvalue weighted by atomic mass is 10.1. The van der Waals surface area contributed by atoms with Gasteiger partial charge >= 0.3 is 0 Å². The van der Waals surface area contributed by atoms with Gasteiger partial charge in [0.25, 0.3) is 6.43 Å². The van der Waals surface area contributed by atoms with Crippen LogP contribution in [-0.4, -0.2) is 72.8 Å². The molecule has 1 aliphatic carbocycles. The fourth-order valence-electron chi connectivity index (χ4n) is 4.59. The average Bonchev–Trinajstić information content (AvgIpc) is 3.63. The van der Waals surface area contributed by atoms with E-state index in [2.05, 4.69) is 66.1 Å². The monoisotopic (exact) mass is 650 g/mol. The zero-order valence-electron chi connectivity index (χ0n) is 27.5. The number of aromatic nitrogens is 6. The minimum absolute atomic E-state index is 0.114. The lowest BCUT2D eigenvalue weighted by molar-refractivity contribution is 0.114. The number of rotatable bonds is 14. The van der Waals surface area contributed by atoms with E-state index in [9.17, 15) is 8.78 Å². The molecule has 1 fully saturated rings. The highest BCUT2D eigenvalue weighted by Crippen LogP contribution is 2.43. The van der Waals surface area contributed by atoms with Crippen LogP contribution in [0.5, 0.6) is 0 Å². The number of halogens is 3. The number of alkyl halides is 3. The number of allylic oxidation sites excluding steroid dienone is 6. The van der Waals surface area contributed by atoms with Crippen molar-refractivity contribution in [2.45, 2.75) is 83.7 Å². The molecule has 2 aliphatic rings. The van der Waals surface area contributed by atoms with Gasteiger partial charge in [-0.15, -0.1) is 13.2 Å². The van der Waals surface area contributed by atoms with Gasteiger partial charge in [-0.3, -0.25) is 15.3 Å². The Bertz CT molecular complexity index is 1500. The van der Waals surface area contributed by atoms with Gasteiger partial charge in [-0.1, -0.05) is 31.6 Å². The highest BCUT2D eigenvalue weighted by molar-refractivity contribution is 6.09. The zero-order valence-corrected chi connectivity index (χ0v) is 27.5. The van der Waals surface area contributed by atoms with E-state index in [1.54, 1.807) is 36.3 Å². The minimum atomic E-state index is -2.58. The first kappa shape index (κ1) is 36.8. The average molecular weight is 651 g/mol. The second-order valence-electron chi connectivity index (χ2n) is 11.0. The summed E-state index contributed by atoms with van der Waals surface area (Å²) in [5.41, 5.74) is 0.911. The van der Waals surface area contributed by atoms with Crippen molar-refractivity contribution in [1.82, 2.24) is 35.0 Å². The summed E-state index contributed by atoms with van der Waals surface area (Å²) in [4.78, 5) is 22.0. The first-order valence-corrected chi connectivity index (χ1v) is 15.6. The Morgan fingerprint density at radius 1 is 1.21 bits per heavy atom. The van der Waals surface area contributed by atoms with Crippen LogP contribution in [0.25, 0.3) is 11.3 Å². The summed E-state index contributed by atoms with van der Waals surface area (Å²) in [5.74, 6) is 0.332. The van der Waals surface area contributed by atoms with Gasteiger partial charge in [-0.2, -0.15) is 10.1 Å². The van der Waals surface area contributed by atoms with Crippen molar-refractivity contribution in [2.24, 2.45) is 4.99 Å². The van der Waals surface area contributed by atoms with Crippen LogP contribution in [0.15, 0.2) is 85.6 Å². The van der Waals surface area contributed by atoms with Gasteiger partial charge in [0.05, 0.1) is 23.1 Å². The first-order valence-electron chi connectivity index (χ1n) is 15.6. The van der Waals surface area contributed by atoms with Gasteiger partial charge < -0.3 is 10.6 Å². The molecule has 0 aromatic carbocycles. The highest BCUT2D eigenvalue weighted by Gasteiger charge is 2.51. The van der Waals surface area contributed by atoms with Crippen molar-refractivity contribution in [3.63, 3.8) is 0 Å². The van der Waals surface area contributed by atoms with E-state index < -0.39 is 24.3 Å². The van der Waals surface area contributed by atoms with Crippen molar-refractivity contribution >= 4 is 29.3 Å². The molecular weight excluding hydrogens is 605 g/mol. The topological polar surface area (TPSA) is 118 Å². The summed E-state index contributed by atoms with van der Waals surface area (Å²) < 4.78 is 44.5. The van der Waals surface area contributed by atoms with Crippen molar-refractivity contribution in [3.05, 3.63) is 92.0 Å². The van der Waals surface area contributed by atoms with Crippen LogP contribution in [0, 0.1) is 6.92 Å². The number of dihydropyridines is 1. The lowest BCUT2D eigenvalue weighted by Crippen LogP contribution is -2.42. The summed E-state index contributed by atoms with van der Waals surface area (Å²) in [6.45, 7) is 14.1. The number of hydrogen-bond acceptors (Lipinski definition) is 9. The van der Waals surface area contributed by atoms with Gasteiger partial charge in [0, 0.05) is 30.1 Å². The van der Waals surface area contributed by atoms with Crippen molar-refractivity contribution in [2.75, 3.05) is 17.2 Å². The zero-order chi connectivity index (χ0) is 34.2. The van der Waals surface area contributed by atoms with E-state index in [1.807, 2.05) is 44.2 Å². The van der Waals surface area contributed by atoms with Crippen molar-refractivity contribution in [1.29, 1.82) is 0 Å². The quantitative estimate of drug-likeness (QED) is 0.149. The molecule has 47 heavy (non-hydrogen) atoms. The van der Waals surface area contributed by atoms with Crippen LogP contribution >= 0.6 is 0 Å². The van der Waals surface area contributed by atoms with Crippen LogP contribution in [0.2, 0.25) is 0 Å². The van der Waals surface area contributed by atoms with Gasteiger partial charge in [-0.05, 0) is 70.4 Å². The Hall–Kier alpha value is -4.65. The fraction of sp³-hybridized carbons (Fsp3) is 0.412. The molecule has 1 saturated carbocycles. The maximum atomic E-state index is 15.1. The van der Waals surface area contributed by atoms with Crippen molar-refractivity contribution < 1.29 is 13.2 Å². The third kappa shape index (κ3) is 11.3. The second kappa shape index (κ2) is 18.5. The smallest absolute Gasteiger partial charge is 0.261 e. The number of nitrogens with one attached hydrogen (secondary N) is 3. The van der Waals surface area contributed by atoms with E-state index in [4.69, 9.17) is 0 Å². The van der Waals surface area contributed by atoms with E-state index in [0.29, 0.717) is 36.3 Å². The largest absolute Gasteiger partial charge is 0.358 e. The van der Waals surface area contributed by atoms with E-state index in [1.165, 1.54) is 18.6 Å². The predicted octanol–water partition coefficient (Wildman–Crippen LogP) is 6.90. The molecule has 10 nitrogen and oxygen atoms in total. The molecule has 3 unspecified atom stereocenters. The molecule has 3 atom stereocenters. The summed E-state index contributed by atoms with van der Waals surface area (Å²) in [5, 5.41) is 13.4. The Balaban J connectivity index is 0.00000294. The molecule has 3 heterocycles. The van der Waals surface area contributed by atoms with E-state index >= 15 is 4.39 Å². The van der Waals surface area contributed by atoms with Crippen LogP contribution < -0.4 is 16.0 Å². The predicted molar refractivity (Wildman–Crippen MR) is 184 cm³/mol. The maximum Gasteiger partial charge on any atom is 0.261 e. The van der Waals surface area contributed by atoms with Gasteiger partial charge in [0.1, 0.15) is 24.6 Å². The van der Waals surface area contributed by atoms with Crippen molar-refractivity contribution in [3.8, 4) is 0 Å². The SMILES string of the molecule is C=C.C\C=C/C(=C\C=C\CNc1nc(C)ccc(C2=CC(F)C(NC(C)CCC)N=C2)ncc(NC2(C(F)F)CC2)n1)n1cncn1. The third-order valence-corrected chi connectivity index (χ3v) is 7.19. The van der Waals surface area contributed by atoms with Crippen LogP contribution in [0.3, 0.4) is 0 Å². The Labute approximate surface area is 275 Å².